The molecule has 0 radical (unpaired) electrons. The average molecular weight is 219 g/mol. The van der Waals surface area contributed by atoms with E-state index in [1.54, 1.807) is 0 Å². The van der Waals surface area contributed by atoms with Crippen LogP contribution < -0.4 is 0 Å². The van der Waals surface area contributed by atoms with Crippen molar-refractivity contribution in [3.63, 3.8) is 0 Å². The van der Waals surface area contributed by atoms with Gasteiger partial charge < -0.3 is 10.0 Å². The minimum atomic E-state index is -0.704. The third-order valence-corrected chi connectivity index (χ3v) is 3.30. The summed E-state index contributed by atoms with van der Waals surface area (Å²) in [4.78, 5) is 13.0. The predicted octanol–water partition coefficient (Wildman–Crippen LogP) is 1.94. The van der Waals surface area contributed by atoms with Gasteiger partial charge >= 0.3 is 5.97 Å². The third-order valence-electron chi connectivity index (χ3n) is 3.30. The molecule has 1 aromatic carbocycles. The fourth-order valence-corrected chi connectivity index (χ4v) is 2.76. The van der Waals surface area contributed by atoms with Gasteiger partial charge in [-0.2, -0.15) is 0 Å². The molecule has 0 bridgehead atoms. The molecular formula is C13H17NO2. The quantitative estimate of drug-likeness (QED) is 0.844. The first-order chi connectivity index (χ1) is 7.59. The first-order valence-corrected chi connectivity index (χ1v) is 5.55. The molecule has 0 heterocycles. The van der Waals surface area contributed by atoms with E-state index in [1.165, 1.54) is 11.1 Å². The average Bonchev–Trinajstić information content (AvgIpc) is 2.53. The summed E-state index contributed by atoms with van der Waals surface area (Å²) in [6.07, 6.45) is 1.13. The number of carboxylic acids is 1. The van der Waals surface area contributed by atoms with E-state index in [4.69, 9.17) is 5.11 Å². The van der Waals surface area contributed by atoms with E-state index >= 15 is 0 Å². The maximum absolute atomic E-state index is 10.9. The fourth-order valence-electron chi connectivity index (χ4n) is 2.76. The minimum absolute atomic E-state index is 0.199. The Hall–Kier alpha value is -1.35. The van der Waals surface area contributed by atoms with Gasteiger partial charge in [-0.3, -0.25) is 4.79 Å². The summed E-state index contributed by atoms with van der Waals surface area (Å²) < 4.78 is 0. The van der Waals surface area contributed by atoms with Crippen molar-refractivity contribution >= 4 is 5.97 Å². The van der Waals surface area contributed by atoms with Crippen LogP contribution in [0.15, 0.2) is 24.3 Å². The molecule has 1 aromatic rings. The van der Waals surface area contributed by atoms with Crippen LogP contribution in [0.3, 0.4) is 0 Å². The molecular weight excluding hydrogens is 202 g/mol. The summed E-state index contributed by atoms with van der Waals surface area (Å²) in [5.74, 6) is -0.505. The smallest absolute Gasteiger partial charge is 0.303 e. The van der Waals surface area contributed by atoms with Gasteiger partial charge in [-0.1, -0.05) is 24.3 Å². The van der Waals surface area contributed by atoms with Gasteiger partial charge in [0.1, 0.15) is 0 Å². The molecule has 0 aromatic heterocycles. The van der Waals surface area contributed by atoms with Gasteiger partial charge in [-0.15, -0.1) is 0 Å². The SMILES string of the molecule is CN(C)C1c2ccccc2CC1CC(=O)O. The van der Waals surface area contributed by atoms with Gasteiger partial charge in [0.25, 0.3) is 0 Å². The van der Waals surface area contributed by atoms with Gasteiger partial charge in [-0.25, -0.2) is 0 Å². The van der Waals surface area contributed by atoms with Crippen LogP contribution in [0.5, 0.6) is 0 Å². The van der Waals surface area contributed by atoms with Gasteiger partial charge in [0.2, 0.25) is 0 Å². The molecule has 1 aliphatic carbocycles. The first-order valence-electron chi connectivity index (χ1n) is 5.55. The van der Waals surface area contributed by atoms with Crippen LogP contribution in [0.25, 0.3) is 0 Å². The fraction of sp³-hybridized carbons (Fsp3) is 0.462. The molecule has 1 N–H and O–H groups in total. The number of carbonyl (C=O) groups is 1. The minimum Gasteiger partial charge on any atom is -0.481 e. The Morgan fingerprint density at radius 2 is 2.12 bits per heavy atom. The van der Waals surface area contributed by atoms with E-state index in [0.717, 1.165) is 6.42 Å². The summed E-state index contributed by atoms with van der Waals surface area (Å²) in [6.45, 7) is 0. The van der Waals surface area contributed by atoms with Gasteiger partial charge in [0, 0.05) is 6.04 Å². The largest absolute Gasteiger partial charge is 0.481 e. The van der Waals surface area contributed by atoms with E-state index in [0.29, 0.717) is 0 Å². The zero-order valence-corrected chi connectivity index (χ0v) is 9.68. The number of fused-ring (bicyclic) bond motifs is 1. The zero-order chi connectivity index (χ0) is 11.7. The molecule has 0 fully saturated rings. The highest BCUT2D eigenvalue weighted by Crippen LogP contribution is 2.40. The summed E-state index contributed by atoms with van der Waals surface area (Å²) in [5.41, 5.74) is 2.59. The summed E-state index contributed by atoms with van der Waals surface area (Å²) in [7, 11) is 4.03. The van der Waals surface area contributed by atoms with Crippen molar-refractivity contribution in [1.29, 1.82) is 0 Å². The van der Waals surface area contributed by atoms with Crippen LogP contribution in [0.2, 0.25) is 0 Å². The lowest BCUT2D eigenvalue weighted by Gasteiger charge is -2.26. The van der Waals surface area contributed by atoms with Crippen LogP contribution in [0, 0.1) is 5.92 Å². The van der Waals surface area contributed by atoms with Gasteiger partial charge in [-0.05, 0) is 37.6 Å². The topological polar surface area (TPSA) is 40.5 Å². The molecule has 3 nitrogen and oxygen atoms in total. The highest BCUT2D eigenvalue weighted by atomic mass is 16.4. The lowest BCUT2D eigenvalue weighted by molar-refractivity contribution is -0.138. The summed E-state index contributed by atoms with van der Waals surface area (Å²) in [5, 5.41) is 8.93. The van der Waals surface area contributed by atoms with E-state index in [-0.39, 0.29) is 18.4 Å². The second-order valence-electron chi connectivity index (χ2n) is 4.67. The molecule has 0 spiro atoms. The second-order valence-corrected chi connectivity index (χ2v) is 4.67. The van der Waals surface area contributed by atoms with Gasteiger partial charge in [0.05, 0.1) is 6.42 Å². The van der Waals surface area contributed by atoms with Crippen molar-refractivity contribution < 1.29 is 9.90 Å². The Labute approximate surface area is 95.7 Å². The molecule has 1 aliphatic rings. The number of carboxylic acid groups (broad SMARTS) is 1. The highest BCUT2D eigenvalue weighted by Gasteiger charge is 2.34. The lowest BCUT2D eigenvalue weighted by Crippen LogP contribution is -2.25. The van der Waals surface area contributed by atoms with Crippen molar-refractivity contribution in [2.45, 2.75) is 18.9 Å². The van der Waals surface area contributed by atoms with Crippen LogP contribution >= 0.6 is 0 Å². The molecule has 2 unspecified atom stereocenters. The molecule has 0 amide bonds. The Bertz CT molecular complexity index is 401. The van der Waals surface area contributed by atoms with E-state index in [9.17, 15) is 4.79 Å². The Morgan fingerprint density at radius 1 is 1.44 bits per heavy atom. The Morgan fingerprint density at radius 3 is 2.75 bits per heavy atom. The van der Waals surface area contributed by atoms with E-state index in [2.05, 4.69) is 17.0 Å². The number of hydrogen-bond donors (Lipinski definition) is 1. The lowest BCUT2D eigenvalue weighted by atomic mass is 9.96. The van der Waals surface area contributed by atoms with Crippen molar-refractivity contribution in [1.82, 2.24) is 4.90 Å². The van der Waals surface area contributed by atoms with Crippen molar-refractivity contribution in [3.05, 3.63) is 35.4 Å². The van der Waals surface area contributed by atoms with Crippen molar-refractivity contribution in [2.75, 3.05) is 14.1 Å². The van der Waals surface area contributed by atoms with Crippen molar-refractivity contribution in [3.8, 4) is 0 Å². The maximum Gasteiger partial charge on any atom is 0.303 e. The number of hydrogen-bond acceptors (Lipinski definition) is 2. The summed E-state index contributed by atoms with van der Waals surface area (Å²) in [6, 6.07) is 8.51. The number of rotatable bonds is 3. The van der Waals surface area contributed by atoms with Crippen molar-refractivity contribution in [2.24, 2.45) is 5.92 Å². The van der Waals surface area contributed by atoms with Crippen LogP contribution in [-0.4, -0.2) is 30.1 Å². The molecule has 2 atom stereocenters. The monoisotopic (exact) mass is 219 g/mol. The number of nitrogens with zero attached hydrogens (tertiary/aromatic N) is 1. The van der Waals surface area contributed by atoms with Crippen LogP contribution in [0.1, 0.15) is 23.6 Å². The number of aliphatic carboxylic acids is 1. The molecule has 0 aliphatic heterocycles. The number of benzene rings is 1. The first kappa shape index (κ1) is 11.1. The zero-order valence-electron chi connectivity index (χ0n) is 9.68. The molecule has 0 saturated carbocycles. The summed E-state index contributed by atoms with van der Waals surface area (Å²) >= 11 is 0. The van der Waals surface area contributed by atoms with Crippen LogP contribution in [-0.2, 0) is 11.2 Å². The van der Waals surface area contributed by atoms with Gasteiger partial charge in [0.15, 0.2) is 0 Å². The molecule has 86 valence electrons. The highest BCUT2D eigenvalue weighted by molar-refractivity contribution is 5.67. The second kappa shape index (κ2) is 4.26. The van der Waals surface area contributed by atoms with E-state index in [1.807, 2.05) is 26.2 Å². The normalized spacial score (nSPS) is 23.4. The maximum atomic E-state index is 10.9. The van der Waals surface area contributed by atoms with E-state index < -0.39 is 5.97 Å². The Kier molecular flexibility index (Phi) is 2.97. The third kappa shape index (κ3) is 1.95. The standard InChI is InChI=1S/C13H17NO2/c1-14(2)13-10(8-12(15)16)7-9-5-3-4-6-11(9)13/h3-6,10,13H,7-8H2,1-2H3,(H,15,16). The Balaban J connectivity index is 2.30. The molecule has 0 saturated heterocycles. The predicted molar refractivity (Wildman–Crippen MR) is 62.3 cm³/mol. The molecule has 3 heteroatoms. The van der Waals surface area contributed by atoms with Crippen LogP contribution in [0.4, 0.5) is 0 Å². The molecule has 16 heavy (non-hydrogen) atoms. The molecule has 2 rings (SSSR count).